The molecule has 150 valence electrons. The van der Waals surface area contributed by atoms with Gasteiger partial charge in [0.2, 0.25) is 0 Å². The van der Waals surface area contributed by atoms with Crippen molar-refractivity contribution in [2.45, 2.75) is 13.5 Å². The monoisotopic (exact) mass is 394 g/mol. The third kappa shape index (κ3) is 4.56. The summed E-state index contributed by atoms with van der Waals surface area (Å²) in [6, 6.07) is 7.59. The number of halogens is 2. The van der Waals surface area contributed by atoms with Crippen LogP contribution < -0.4 is 4.74 Å². The van der Waals surface area contributed by atoms with Gasteiger partial charge in [0.1, 0.15) is 11.4 Å². The van der Waals surface area contributed by atoms with Crippen molar-refractivity contribution in [3.05, 3.63) is 36.0 Å². The fourth-order valence-electron chi connectivity index (χ4n) is 2.86. The van der Waals surface area contributed by atoms with Crippen LogP contribution in [0.4, 0.5) is 13.6 Å². The molecule has 3 rings (SSSR count). The molecule has 8 nitrogen and oxygen atoms in total. The molecule has 0 unspecified atom stereocenters. The van der Waals surface area contributed by atoms with E-state index in [0.29, 0.717) is 49.7 Å². The molecule has 10 heteroatoms. The zero-order chi connectivity index (χ0) is 20.1. The molecule has 0 radical (unpaired) electrons. The smallest absolute Gasteiger partial charge is 0.409 e. The minimum absolute atomic E-state index is 0.0463. The van der Waals surface area contributed by atoms with E-state index in [9.17, 15) is 18.4 Å². The van der Waals surface area contributed by atoms with Crippen LogP contribution in [0.5, 0.6) is 5.75 Å². The number of benzene rings is 1. The first-order valence-corrected chi connectivity index (χ1v) is 8.79. The van der Waals surface area contributed by atoms with Gasteiger partial charge < -0.3 is 19.3 Å². The average molecular weight is 394 g/mol. The molecular weight excluding hydrogens is 374 g/mol. The van der Waals surface area contributed by atoms with Gasteiger partial charge in [-0.2, -0.15) is 13.9 Å². The van der Waals surface area contributed by atoms with Crippen molar-refractivity contribution in [2.24, 2.45) is 0 Å². The minimum Gasteiger partial charge on any atom is -0.450 e. The van der Waals surface area contributed by atoms with E-state index >= 15 is 0 Å². The van der Waals surface area contributed by atoms with E-state index in [1.54, 1.807) is 34.9 Å². The van der Waals surface area contributed by atoms with E-state index < -0.39 is 6.61 Å². The van der Waals surface area contributed by atoms with Crippen molar-refractivity contribution in [3.63, 3.8) is 0 Å². The molecule has 1 aromatic carbocycles. The Kier molecular flexibility index (Phi) is 6.07. The summed E-state index contributed by atoms with van der Waals surface area (Å²) in [5.74, 6) is -0.176. The Hall–Kier alpha value is -3.17. The molecule has 1 saturated heterocycles. The number of piperazine rings is 1. The van der Waals surface area contributed by atoms with Gasteiger partial charge >= 0.3 is 12.7 Å². The number of alkyl halides is 2. The summed E-state index contributed by atoms with van der Waals surface area (Å²) >= 11 is 0. The van der Waals surface area contributed by atoms with Crippen molar-refractivity contribution >= 4 is 12.0 Å². The average Bonchev–Trinajstić information content (AvgIpc) is 3.18. The largest absolute Gasteiger partial charge is 0.450 e. The molecule has 0 spiro atoms. The second-order valence-electron chi connectivity index (χ2n) is 6.05. The Morgan fingerprint density at radius 1 is 1.14 bits per heavy atom. The highest BCUT2D eigenvalue weighted by Crippen LogP contribution is 2.23. The number of ether oxygens (including phenoxy) is 2. The maximum absolute atomic E-state index is 12.6. The van der Waals surface area contributed by atoms with Gasteiger partial charge in [-0.05, 0) is 37.3 Å². The zero-order valence-corrected chi connectivity index (χ0v) is 15.2. The van der Waals surface area contributed by atoms with Gasteiger partial charge in [0.05, 0.1) is 12.3 Å². The van der Waals surface area contributed by atoms with Gasteiger partial charge in [-0.3, -0.25) is 9.89 Å². The quantitative estimate of drug-likeness (QED) is 0.842. The van der Waals surface area contributed by atoms with Crippen LogP contribution >= 0.6 is 0 Å². The Morgan fingerprint density at radius 3 is 2.39 bits per heavy atom. The molecule has 0 saturated carbocycles. The normalized spacial score (nSPS) is 14.3. The summed E-state index contributed by atoms with van der Waals surface area (Å²) in [5, 5.41) is 6.82. The molecule has 2 amide bonds. The fourth-order valence-corrected chi connectivity index (χ4v) is 2.86. The first-order chi connectivity index (χ1) is 13.5. The fraction of sp³-hybridized carbons (Fsp3) is 0.389. The number of aromatic amines is 1. The summed E-state index contributed by atoms with van der Waals surface area (Å²) in [5.41, 5.74) is 1.48. The molecule has 1 aliphatic heterocycles. The number of rotatable bonds is 5. The molecule has 0 aliphatic carbocycles. The standard InChI is InChI=1S/C18H20F2N4O4/c1-2-27-18(26)24-9-7-23(8-10-24)16(25)15-11-14(21-22-15)12-3-5-13(6-4-12)28-17(19)20/h3-6,11,17H,2,7-10H2,1H3,(H,21,22). The lowest BCUT2D eigenvalue weighted by molar-refractivity contribution is -0.0498. The highest BCUT2D eigenvalue weighted by atomic mass is 19.3. The van der Waals surface area contributed by atoms with Gasteiger partial charge in [0.15, 0.2) is 0 Å². The lowest BCUT2D eigenvalue weighted by Gasteiger charge is -2.33. The molecular formula is C18H20F2N4O4. The predicted molar refractivity (Wildman–Crippen MR) is 95.2 cm³/mol. The summed E-state index contributed by atoms with van der Waals surface area (Å²) in [6.07, 6.45) is -0.377. The summed E-state index contributed by atoms with van der Waals surface area (Å²) < 4.78 is 33.7. The highest BCUT2D eigenvalue weighted by molar-refractivity contribution is 5.93. The van der Waals surface area contributed by atoms with E-state index in [0.717, 1.165) is 0 Å². The highest BCUT2D eigenvalue weighted by Gasteiger charge is 2.26. The van der Waals surface area contributed by atoms with Crippen molar-refractivity contribution in [3.8, 4) is 17.0 Å². The van der Waals surface area contributed by atoms with E-state index in [1.165, 1.54) is 12.1 Å². The number of H-pyrrole nitrogens is 1. The van der Waals surface area contributed by atoms with Gasteiger partial charge in [0.25, 0.3) is 5.91 Å². The number of hydrogen-bond donors (Lipinski definition) is 1. The van der Waals surface area contributed by atoms with E-state index in [1.807, 2.05) is 0 Å². The Balaban J connectivity index is 1.61. The second kappa shape index (κ2) is 8.68. The van der Waals surface area contributed by atoms with Crippen molar-refractivity contribution in [1.82, 2.24) is 20.0 Å². The molecule has 2 heterocycles. The number of nitrogens with one attached hydrogen (secondary N) is 1. The summed E-state index contributed by atoms with van der Waals surface area (Å²) in [4.78, 5) is 27.6. The Morgan fingerprint density at radius 2 is 1.79 bits per heavy atom. The van der Waals surface area contributed by atoms with Crippen molar-refractivity contribution in [1.29, 1.82) is 0 Å². The van der Waals surface area contributed by atoms with Crippen molar-refractivity contribution < 1.29 is 27.8 Å². The van der Waals surface area contributed by atoms with Crippen LogP contribution in [0.2, 0.25) is 0 Å². The van der Waals surface area contributed by atoms with E-state index in [4.69, 9.17) is 4.74 Å². The number of nitrogens with zero attached hydrogens (tertiary/aromatic N) is 3. The zero-order valence-electron chi connectivity index (χ0n) is 15.2. The lowest BCUT2D eigenvalue weighted by Crippen LogP contribution is -2.50. The van der Waals surface area contributed by atoms with Crippen LogP contribution in [0.3, 0.4) is 0 Å². The van der Waals surface area contributed by atoms with Gasteiger partial charge in [0, 0.05) is 31.7 Å². The van der Waals surface area contributed by atoms with Crippen LogP contribution in [0.25, 0.3) is 11.3 Å². The maximum Gasteiger partial charge on any atom is 0.409 e. The first-order valence-electron chi connectivity index (χ1n) is 8.79. The predicted octanol–water partition coefficient (Wildman–Crippen LogP) is 2.59. The van der Waals surface area contributed by atoms with E-state index in [-0.39, 0.29) is 17.7 Å². The Labute approximate surface area is 160 Å². The third-order valence-electron chi connectivity index (χ3n) is 4.28. The van der Waals surface area contributed by atoms with Gasteiger partial charge in [-0.1, -0.05) is 0 Å². The third-order valence-corrected chi connectivity index (χ3v) is 4.28. The van der Waals surface area contributed by atoms with Crippen molar-refractivity contribution in [2.75, 3.05) is 32.8 Å². The van der Waals surface area contributed by atoms with Crippen LogP contribution in [0.15, 0.2) is 30.3 Å². The Bertz CT molecular complexity index is 817. The molecule has 1 aromatic heterocycles. The number of hydrogen-bond acceptors (Lipinski definition) is 5. The van der Waals surface area contributed by atoms with E-state index in [2.05, 4.69) is 14.9 Å². The van der Waals surface area contributed by atoms with Gasteiger partial charge in [-0.15, -0.1) is 0 Å². The van der Waals surface area contributed by atoms with Crippen LogP contribution in [0.1, 0.15) is 17.4 Å². The van der Waals surface area contributed by atoms with Crippen LogP contribution in [-0.4, -0.2) is 71.4 Å². The van der Waals surface area contributed by atoms with Crippen LogP contribution in [0, 0.1) is 0 Å². The molecule has 1 N–H and O–H groups in total. The minimum atomic E-state index is -2.88. The molecule has 1 fully saturated rings. The molecule has 0 atom stereocenters. The second-order valence-corrected chi connectivity index (χ2v) is 6.05. The lowest BCUT2D eigenvalue weighted by atomic mass is 10.1. The van der Waals surface area contributed by atoms with Gasteiger partial charge in [-0.25, -0.2) is 4.79 Å². The molecule has 1 aliphatic rings. The first kappa shape index (κ1) is 19.6. The maximum atomic E-state index is 12.6. The topological polar surface area (TPSA) is 87.8 Å². The molecule has 28 heavy (non-hydrogen) atoms. The number of carbonyl (C=O) groups excluding carboxylic acids is 2. The summed E-state index contributed by atoms with van der Waals surface area (Å²) in [6.45, 7) is 0.757. The molecule has 2 aromatic rings. The molecule has 0 bridgehead atoms. The van der Waals surface area contributed by atoms with Crippen LogP contribution in [-0.2, 0) is 4.74 Å². The summed E-state index contributed by atoms with van der Waals surface area (Å²) in [7, 11) is 0. The number of aromatic nitrogens is 2. The number of amides is 2. The number of carbonyl (C=O) groups is 2. The SMILES string of the molecule is CCOC(=O)N1CCN(C(=O)c2cc(-c3ccc(OC(F)F)cc3)n[nH]2)CC1.